The molecule has 0 N–H and O–H groups in total. The van der Waals surface area contributed by atoms with Crippen LogP contribution in [0.1, 0.15) is 63.5 Å². The zero-order valence-electron chi connectivity index (χ0n) is 12.3. The number of aryl methyl sites for hydroxylation is 1. The fourth-order valence-corrected chi connectivity index (χ4v) is 2.08. The summed E-state index contributed by atoms with van der Waals surface area (Å²) in [5.41, 5.74) is 1.04. The highest BCUT2D eigenvalue weighted by Gasteiger charge is 2.17. The summed E-state index contributed by atoms with van der Waals surface area (Å²) in [5.74, 6) is 1.61. The average molecular weight is 262 g/mol. The molecule has 0 fully saturated rings. The van der Waals surface area contributed by atoms with Gasteiger partial charge in [-0.3, -0.25) is 4.68 Å². The van der Waals surface area contributed by atoms with Crippen molar-refractivity contribution in [2.75, 3.05) is 0 Å². The molecule has 0 radical (unpaired) electrons. The molecular weight excluding hydrogens is 240 g/mol. The van der Waals surface area contributed by atoms with Crippen molar-refractivity contribution in [1.29, 1.82) is 0 Å². The molecule has 6 nitrogen and oxygen atoms in total. The van der Waals surface area contributed by atoms with Gasteiger partial charge in [0.05, 0.1) is 11.7 Å². The van der Waals surface area contributed by atoms with E-state index in [0.29, 0.717) is 17.9 Å². The summed E-state index contributed by atoms with van der Waals surface area (Å²) in [6.45, 7) is 8.54. The van der Waals surface area contributed by atoms with Crippen LogP contribution in [0.3, 0.4) is 0 Å². The van der Waals surface area contributed by atoms with Crippen LogP contribution < -0.4 is 0 Å². The summed E-state index contributed by atoms with van der Waals surface area (Å²) in [7, 11) is 1.89. The first-order valence-corrected chi connectivity index (χ1v) is 6.74. The molecule has 2 aromatic rings. The quantitative estimate of drug-likeness (QED) is 0.829. The van der Waals surface area contributed by atoms with Gasteiger partial charge in [-0.25, -0.2) is 9.67 Å². The Bertz CT molecular complexity index is 527. The Hall–Kier alpha value is -1.72. The molecule has 2 rings (SSSR count). The second-order valence-electron chi connectivity index (χ2n) is 5.54. The Labute approximate surface area is 113 Å². The molecule has 0 amide bonds. The van der Waals surface area contributed by atoms with Crippen LogP contribution in [-0.4, -0.2) is 29.8 Å². The summed E-state index contributed by atoms with van der Waals surface area (Å²) in [4.78, 5) is 4.30. The van der Waals surface area contributed by atoms with Crippen molar-refractivity contribution in [3.8, 4) is 0 Å². The van der Waals surface area contributed by atoms with Crippen LogP contribution in [0.5, 0.6) is 0 Å². The van der Waals surface area contributed by atoms with Crippen LogP contribution in [0, 0.1) is 0 Å². The maximum absolute atomic E-state index is 4.35. The summed E-state index contributed by atoms with van der Waals surface area (Å²) in [6.07, 6.45) is 4.72. The molecule has 2 aromatic heterocycles. The molecule has 0 aliphatic heterocycles. The first-order chi connectivity index (χ1) is 8.97. The normalized spacial score (nSPS) is 14.8. The summed E-state index contributed by atoms with van der Waals surface area (Å²) in [6, 6.07) is 0.291. The zero-order valence-corrected chi connectivity index (χ0v) is 12.3. The molecule has 0 bridgehead atoms. The fourth-order valence-electron chi connectivity index (χ4n) is 2.08. The lowest BCUT2D eigenvalue weighted by molar-refractivity contribution is 0.412. The average Bonchev–Trinajstić information content (AvgIpc) is 2.96. The lowest BCUT2D eigenvalue weighted by Gasteiger charge is -2.14. The predicted octanol–water partition coefficient (Wildman–Crippen LogP) is 2.28. The van der Waals surface area contributed by atoms with E-state index in [2.05, 4.69) is 48.1 Å². The summed E-state index contributed by atoms with van der Waals surface area (Å²) >= 11 is 0. The predicted molar refractivity (Wildman–Crippen MR) is 72.9 cm³/mol. The molecule has 0 aromatic carbocycles. The van der Waals surface area contributed by atoms with Gasteiger partial charge >= 0.3 is 0 Å². The van der Waals surface area contributed by atoms with Crippen LogP contribution in [0.4, 0.5) is 0 Å². The SMILES string of the molecule is CC(C)c1cn(C(C)CC(C)c2ncn(C)n2)nn1. The van der Waals surface area contributed by atoms with E-state index >= 15 is 0 Å². The molecule has 2 heterocycles. The van der Waals surface area contributed by atoms with E-state index in [9.17, 15) is 0 Å². The van der Waals surface area contributed by atoms with Crippen molar-refractivity contribution in [3.63, 3.8) is 0 Å². The summed E-state index contributed by atoms with van der Waals surface area (Å²) < 4.78 is 3.68. The maximum atomic E-state index is 4.35. The first kappa shape index (κ1) is 13.7. The molecule has 0 aliphatic carbocycles. The van der Waals surface area contributed by atoms with Crippen LogP contribution in [0.15, 0.2) is 12.5 Å². The molecule has 19 heavy (non-hydrogen) atoms. The Morgan fingerprint density at radius 1 is 1.21 bits per heavy atom. The van der Waals surface area contributed by atoms with Gasteiger partial charge in [-0.05, 0) is 19.3 Å². The van der Waals surface area contributed by atoms with Crippen LogP contribution in [0.2, 0.25) is 0 Å². The van der Waals surface area contributed by atoms with Gasteiger partial charge in [-0.1, -0.05) is 26.0 Å². The van der Waals surface area contributed by atoms with Gasteiger partial charge in [0.25, 0.3) is 0 Å². The molecule has 0 spiro atoms. The third-order valence-electron chi connectivity index (χ3n) is 3.32. The smallest absolute Gasteiger partial charge is 0.153 e. The summed E-state index contributed by atoms with van der Waals surface area (Å²) in [5, 5.41) is 12.8. The maximum Gasteiger partial charge on any atom is 0.153 e. The van der Waals surface area contributed by atoms with Gasteiger partial charge < -0.3 is 0 Å². The molecule has 0 aliphatic rings. The number of nitrogens with zero attached hydrogens (tertiary/aromatic N) is 6. The fraction of sp³-hybridized carbons (Fsp3) is 0.692. The van der Waals surface area contributed by atoms with Crippen molar-refractivity contribution >= 4 is 0 Å². The van der Waals surface area contributed by atoms with Gasteiger partial charge in [0.1, 0.15) is 6.33 Å². The van der Waals surface area contributed by atoms with E-state index in [1.165, 1.54) is 0 Å². The number of aromatic nitrogens is 6. The Morgan fingerprint density at radius 3 is 2.47 bits per heavy atom. The van der Waals surface area contributed by atoms with Crippen molar-refractivity contribution in [1.82, 2.24) is 29.8 Å². The van der Waals surface area contributed by atoms with Gasteiger partial charge in [-0.2, -0.15) is 5.10 Å². The minimum absolute atomic E-state index is 0.291. The van der Waals surface area contributed by atoms with Crippen molar-refractivity contribution in [2.24, 2.45) is 7.05 Å². The largest absolute Gasteiger partial charge is 0.256 e. The van der Waals surface area contributed by atoms with E-state index in [0.717, 1.165) is 17.9 Å². The van der Waals surface area contributed by atoms with Crippen LogP contribution in [0.25, 0.3) is 0 Å². The van der Waals surface area contributed by atoms with E-state index in [1.54, 1.807) is 11.0 Å². The highest BCUT2D eigenvalue weighted by molar-refractivity contribution is 4.99. The Balaban J connectivity index is 2.01. The standard InChI is InChI=1S/C13H22N6/c1-9(2)12-7-19(17-15-12)11(4)6-10(3)13-14-8-18(5)16-13/h7-11H,6H2,1-5H3. The lowest BCUT2D eigenvalue weighted by atomic mass is 10.0. The van der Waals surface area contributed by atoms with E-state index in [4.69, 9.17) is 0 Å². The highest BCUT2D eigenvalue weighted by atomic mass is 15.4. The number of hydrogen-bond acceptors (Lipinski definition) is 4. The minimum Gasteiger partial charge on any atom is -0.256 e. The molecule has 2 atom stereocenters. The number of hydrogen-bond donors (Lipinski definition) is 0. The Morgan fingerprint density at radius 2 is 1.95 bits per heavy atom. The van der Waals surface area contributed by atoms with E-state index in [-0.39, 0.29) is 0 Å². The van der Waals surface area contributed by atoms with Gasteiger partial charge in [0, 0.05) is 19.2 Å². The van der Waals surface area contributed by atoms with E-state index < -0.39 is 0 Å². The molecule has 6 heteroatoms. The lowest BCUT2D eigenvalue weighted by Crippen LogP contribution is -2.10. The molecular formula is C13H22N6. The van der Waals surface area contributed by atoms with Crippen molar-refractivity contribution in [2.45, 2.75) is 52.0 Å². The monoisotopic (exact) mass is 262 g/mol. The van der Waals surface area contributed by atoms with Gasteiger partial charge in [0.15, 0.2) is 5.82 Å². The topological polar surface area (TPSA) is 61.4 Å². The second kappa shape index (κ2) is 5.50. The molecule has 0 saturated carbocycles. The van der Waals surface area contributed by atoms with Crippen molar-refractivity contribution < 1.29 is 0 Å². The van der Waals surface area contributed by atoms with Gasteiger partial charge in [-0.15, -0.1) is 5.10 Å². The van der Waals surface area contributed by atoms with Crippen molar-refractivity contribution in [3.05, 3.63) is 24.0 Å². The molecule has 104 valence electrons. The van der Waals surface area contributed by atoms with Gasteiger partial charge in [0.2, 0.25) is 0 Å². The highest BCUT2D eigenvalue weighted by Crippen LogP contribution is 2.23. The third kappa shape index (κ3) is 3.19. The zero-order chi connectivity index (χ0) is 14.0. The molecule has 0 saturated heterocycles. The minimum atomic E-state index is 0.291. The second-order valence-corrected chi connectivity index (χ2v) is 5.54. The van der Waals surface area contributed by atoms with E-state index in [1.807, 2.05) is 17.9 Å². The van der Waals surface area contributed by atoms with Crippen LogP contribution in [-0.2, 0) is 7.05 Å². The third-order valence-corrected chi connectivity index (χ3v) is 3.32. The molecule has 2 unspecified atom stereocenters. The first-order valence-electron chi connectivity index (χ1n) is 6.74. The Kier molecular flexibility index (Phi) is 3.97. The van der Waals surface area contributed by atoms with Crippen LogP contribution >= 0.6 is 0 Å². The number of rotatable bonds is 5.